The van der Waals surface area contributed by atoms with Crippen LogP contribution in [-0.4, -0.2) is 77.6 Å². The summed E-state index contributed by atoms with van der Waals surface area (Å²) in [6.07, 6.45) is 22.7. The molecule has 0 amide bonds. The fourth-order valence-corrected chi connectivity index (χ4v) is 8.16. The molecule has 0 unspecified atom stereocenters. The van der Waals surface area contributed by atoms with Crippen molar-refractivity contribution in [2.45, 2.75) is 196 Å². The fourth-order valence-electron chi connectivity index (χ4n) is 8.16. The van der Waals surface area contributed by atoms with Gasteiger partial charge in [-0.2, -0.15) is 0 Å². The molecule has 78 heavy (non-hydrogen) atoms. The molecule has 0 aliphatic heterocycles. The Hall–Kier alpha value is -5.64. The van der Waals surface area contributed by atoms with Gasteiger partial charge >= 0.3 is 0 Å². The van der Waals surface area contributed by atoms with Crippen LogP contribution >= 0.6 is 0 Å². The average molecular weight is 1090 g/mol. The van der Waals surface area contributed by atoms with Gasteiger partial charge in [0, 0.05) is 72.1 Å². The SMILES string of the molecule is CCCCOc1cc(NC=C2C(N)C(=CNc3cc(OCCCC)c(OCCCC)c(OCCCC)c3)C(N)C(=CNc3cc(OCCCC)c(OCCCC)c(OCCCC)c3)C2N)cc(OCCCC)c1OCCCC. The van der Waals surface area contributed by atoms with E-state index in [1.807, 2.05) is 55.0 Å². The highest BCUT2D eigenvalue weighted by molar-refractivity contribution is 5.67. The van der Waals surface area contributed by atoms with Crippen LogP contribution in [0.15, 0.2) is 71.7 Å². The minimum Gasteiger partial charge on any atom is -0.489 e. The normalized spacial score (nSPS) is 15.1. The Bertz CT molecular complexity index is 1890. The quantitative estimate of drug-likeness (QED) is 0.0293. The summed E-state index contributed by atoms with van der Waals surface area (Å²) < 4.78 is 57.6. The van der Waals surface area contributed by atoms with Gasteiger partial charge in [0.15, 0.2) is 34.5 Å². The van der Waals surface area contributed by atoms with Crippen LogP contribution in [0.2, 0.25) is 0 Å². The number of unbranched alkanes of at least 4 members (excludes halogenated alkanes) is 9. The zero-order chi connectivity index (χ0) is 56.3. The van der Waals surface area contributed by atoms with Crippen LogP contribution in [-0.2, 0) is 0 Å². The molecule has 1 aliphatic carbocycles. The molecule has 0 radical (unpaired) electrons. The first-order valence-corrected chi connectivity index (χ1v) is 30.0. The highest BCUT2D eigenvalue weighted by Gasteiger charge is 2.36. The summed E-state index contributed by atoms with van der Waals surface area (Å²) in [6, 6.07) is 9.59. The number of anilines is 3. The summed E-state index contributed by atoms with van der Waals surface area (Å²) in [5, 5.41) is 10.6. The number of hydrogen-bond acceptors (Lipinski definition) is 15. The molecule has 3 aromatic carbocycles. The van der Waals surface area contributed by atoms with Gasteiger partial charge in [0.1, 0.15) is 0 Å². The van der Waals surface area contributed by atoms with Gasteiger partial charge < -0.3 is 75.8 Å². The van der Waals surface area contributed by atoms with Gasteiger partial charge in [-0.25, -0.2) is 0 Å². The van der Waals surface area contributed by atoms with Gasteiger partial charge in [-0.15, -0.1) is 0 Å². The maximum atomic E-state index is 7.34. The van der Waals surface area contributed by atoms with Crippen LogP contribution < -0.4 is 75.8 Å². The molecule has 438 valence electrons. The second-order valence-electron chi connectivity index (χ2n) is 20.0. The van der Waals surface area contributed by atoms with Crippen LogP contribution in [0.3, 0.4) is 0 Å². The Labute approximate surface area is 470 Å². The summed E-state index contributed by atoms with van der Waals surface area (Å²) in [7, 11) is 0. The van der Waals surface area contributed by atoms with Gasteiger partial charge in [0.2, 0.25) is 17.2 Å². The number of ether oxygens (including phenoxy) is 9. The van der Waals surface area contributed by atoms with E-state index in [1.54, 1.807) is 0 Å². The number of benzene rings is 3. The molecule has 1 saturated carbocycles. The molecular weight excluding hydrogens is 985 g/mol. The standard InChI is InChI=1S/C63H102N6O9/c1-10-19-28-70-52-37-46(38-53(71-29-20-11-2)61(52)76-34-25-16-7)67-43-49-58(64)50(44-68-47-39-54(72-30-21-12-3)62(77-35-26-17-8)55(40-47)73-31-22-13-4)60(66)51(59(49)65)45-69-48-41-56(74-32-23-14-5)63(78-36-27-18-9)57(42-48)75-33-24-15-6/h37-45,58-60,67-69H,10-36,64-66H2,1-9H3. The minimum absolute atomic E-state index is 0.538. The minimum atomic E-state index is -0.710. The molecule has 0 atom stereocenters. The Morgan fingerprint density at radius 3 is 0.628 bits per heavy atom. The lowest BCUT2D eigenvalue weighted by Crippen LogP contribution is -2.52. The van der Waals surface area contributed by atoms with Crippen LogP contribution in [0.5, 0.6) is 51.7 Å². The molecular formula is C63H102N6O9. The highest BCUT2D eigenvalue weighted by Crippen LogP contribution is 2.45. The predicted octanol–water partition coefficient (Wildman–Crippen LogP) is 14.6. The van der Waals surface area contributed by atoms with E-state index >= 15 is 0 Å². The molecule has 15 nitrogen and oxygen atoms in total. The van der Waals surface area contributed by atoms with Crippen molar-refractivity contribution in [3.05, 3.63) is 71.7 Å². The molecule has 0 heterocycles. The van der Waals surface area contributed by atoms with Crippen molar-refractivity contribution in [1.29, 1.82) is 0 Å². The maximum absolute atomic E-state index is 7.34. The van der Waals surface area contributed by atoms with Crippen molar-refractivity contribution in [1.82, 2.24) is 0 Å². The Morgan fingerprint density at radius 2 is 0.462 bits per heavy atom. The topological polar surface area (TPSA) is 197 Å². The summed E-state index contributed by atoms with van der Waals surface area (Å²) >= 11 is 0. The first kappa shape index (κ1) is 64.9. The van der Waals surface area contributed by atoms with Crippen molar-refractivity contribution < 1.29 is 42.6 Å². The number of hydrogen-bond donors (Lipinski definition) is 6. The van der Waals surface area contributed by atoms with Crippen LogP contribution in [0.4, 0.5) is 17.1 Å². The second kappa shape index (κ2) is 38.0. The Morgan fingerprint density at radius 1 is 0.295 bits per heavy atom. The number of nitrogens with one attached hydrogen (secondary N) is 3. The average Bonchev–Trinajstić information content (AvgIpc) is 3.49. The van der Waals surface area contributed by atoms with Crippen molar-refractivity contribution in [2.24, 2.45) is 17.2 Å². The lowest BCUT2D eigenvalue weighted by Gasteiger charge is -2.37. The van der Waals surface area contributed by atoms with E-state index in [-0.39, 0.29) is 0 Å². The lowest BCUT2D eigenvalue weighted by atomic mass is 9.77. The van der Waals surface area contributed by atoms with Crippen molar-refractivity contribution >= 4 is 17.1 Å². The van der Waals surface area contributed by atoms with Gasteiger partial charge in [0.25, 0.3) is 0 Å². The number of nitrogens with two attached hydrogens (primary N) is 3. The summed E-state index contributed by atoms with van der Waals surface area (Å²) in [6.45, 7) is 24.2. The zero-order valence-electron chi connectivity index (χ0n) is 49.4. The van der Waals surface area contributed by atoms with Gasteiger partial charge in [0.05, 0.1) is 77.6 Å². The van der Waals surface area contributed by atoms with Crippen molar-refractivity contribution in [3.8, 4) is 51.7 Å². The van der Waals surface area contributed by atoms with Gasteiger partial charge in [-0.05, 0) is 74.5 Å². The van der Waals surface area contributed by atoms with E-state index in [0.717, 1.165) is 133 Å². The van der Waals surface area contributed by atoms with Gasteiger partial charge in [-0.3, -0.25) is 0 Å². The highest BCUT2D eigenvalue weighted by atomic mass is 16.6. The lowest BCUT2D eigenvalue weighted by molar-refractivity contribution is 0.237. The molecule has 1 fully saturated rings. The largest absolute Gasteiger partial charge is 0.489 e. The summed E-state index contributed by atoms with van der Waals surface area (Å²) in [5.41, 5.74) is 26.3. The van der Waals surface area contributed by atoms with Crippen LogP contribution in [0, 0.1) is 0 Å². The first-order chi connectivity index (χ1) is 38.1. The molecule has 0 aromatic heterocycles. The van der Waals surface area contributed by atoms with E-state index in [9.17, 15) is 0 Å². The molecule has 9 N–H and O–H groups in total. The van der Waals surface area contributed by atoms with Crippen LogP contribution in [0.25, 0.3) is 0 Å². The Kier molecular flexibility index (Phi) is 31.6. The summed E-state index contributed by atoms with van der Waals surface area (Å²) in [4.78, 5) is 0. The second-order valence-corrected chi connectivity index (χ2v) is 20.0. The molecule has 0 bridgehead atoms. The fraction of sp³-hybridized carbons (Fsp3) is 0.619. The monoisotopic (exact) mass is 1090 g/mol. The van der Waals surface area contributed by atoms with E-state index in [0.29, 0.717) is 128 Å². The predicted molar refractivity (Wildman–Crippen MR) is 322 cm³/mol. The third kappa shape index (κ3) is 21.2. The molecule has 0 saturated heterocycles. The molecule has 1 aliphatic rings. The first-order valence-electron chi connectivity index (χ1n) is 30.0. The molecule has 0 spiro atoms. The third-order valence-electron chi connectivity index (χ3n) is 13.2. The van der Waals surface area contributed by atoms with Crippen LogP contribution in [0.1, 0.15) is 178 Å². The molecule has 3 aromatic rings. The summed E-state index contributed by atoms with van der Waals surface area (Å²) in [5.74, 6) is 5.48. The van der Waals surface area contributed by atoms with E-state index < -0.39 is 18.1 Å². The maximum Gasteiger partial charge on any atom is 0.203 e. The van der Waals surface area contributed by atoms with Crippen molar-refractivity contribution in [2.75, 3.05) is 75.4 Å². The van der Waals surface area contributed by atoms with E-state index in [1.165, 1.54) is 0 Å². The van der Waals surface area contributed by atoms with Gasteiger partial charge in [-0.1, -0.05) is 120 Å². The smallest absolute Gasteiger partial charge is 0.203 e. The van der Waals surface area contributed by atoms with E-state index in [4.69, 9.17) is 59.8 Å². The Balaban J connectivity index is 1.91. The number of rotatable bonds is 42. The molecule has 15 heteroatoms. The van der Waals surface area contributed by atoms with Crippen molar-refractivity contribution in [3.63, 3.8) is 0 Å². The zero-order valence-corrected chi connectivity index (χ0v) is 49.4. The molecule has 4 rings (SSSR count). The third-order valence-corrected chi connectivity index (χ3v) is 13.2. The van der Waals surface area contributed by atoms with E-state index in [2.05, 4.69) is 78.3 Å².